The molecule has 0 saturated carbocycles. The van der Waals surface area contributed by atoms with Crippen LogP contribution in [0.25, 0.3) is 0 Å². The topological polar surface area (TPSA) is 8.81 Å². The number of imidazole rings is 1. The van der Waals surface area contributed by atoms with Gasteiger partial charge in [-0.25, -0.2) is 9.13 Å². The van der Waals surface area contributed by atoms with Crippen LogP contribution in [0, 0.1) is 0 Å². The molecule has 0 bridgehead atoms. The molecule has 0 unspecified atom stereocenters. The van der Waals surface area contributed by atoms with Crippen molar-refractivity contribution in [3.05, 3.63) is 18.2 Å². The Balaban J connectivity index is 2.17. The Morgan fingerprint density at radius 3 is 1.23 bits per heavy atom. The number of hydrogen-bond donors (Lipinski definition) is 0. The van der Waals surface area contributed by atoms with Crippen molar-refractivity contribution in [3.63, 3.8) is 0 Å². The van der Waals surface area contributed by atoms with Gasteiger partial charge in [-0.3, -0.25) is 0 Å². The van der Waals surface area contributed by atoms with Gasteiger partial charge in [-0.2, -0.15) is 0 Å². The number of rotatable bonds is 31. The second-order valence-electron chi connectivity index (χ2n) is 12.7. The molecule has 1 aromatic heterocycles. The maximum atomic E-state index is 2.61. The Morgan fingerprint density at radius 2 is 0.795 bits per heavy atom. The third-order valence-electron chi connectivity index (χ3n) is 8.85. The lowest BCUT2D eigenvalue weighted by Crippen LogP contribution is -2.37. The van der Waals surface area contributed by atoms with Crippen LogP contribution in [-0.2, 0) is 19.5 Å². The van der Waals surface area contributed by atoms with E-state index in [2.05, 4.69) is 42.3 Å². The lowest BCUT2D eigenvalue weighted by Gasteiger charge is -2.07. The number of aryl methyl sites for hydroxylation is 2. The van der Waals surface area contributed by atoms with Gasteiger partial charge in [0.25, 0.3) is 5.82 Å². The van der Waals surface area contributed by atoms with E-state index in [1.54, 1.807) is 5.82 Å². The van der Waals surface area contributed by atoms with Gasteiger partial charge in [0.2, 0.25) is 0 Å². The zero-order valence-corrected chi connectivity index (χ0v) is 27.5. The van der Waals surface area contributed by atoms with Gasteiger partial charge >= 0.3 is 0 Å². The molecule has 1 heterocycles. The van der Waals surface area contributed by atoms with E-state index in [4.69, 9.17) is 0 Å². The van der Waals surface area contributed by atoms with Crippen LogP contribution in [-0.4, -0.2) is 4.57 Å². The van der Waals surface area contributed by atoms with Crippen LogP contribution in [0.1, 0.15) is 206 Å². The molecular formula is C37H73N2+. The predicted molar refractivity (Wildman–Crippen MR) is 175 cm³/mol. The van der Waals surface area contributed by atoms with Crippen molar-refractivity contribution < 1.29 is 4.57 Å². The van der Waals surface area contributed by atoms with Crippen LogP contribution in [0.4, 0.5) is 0 Å². The number of hydrogen-bond acceptors (Lipinski definition) is 0. The van der Waals surface area contributed by atoms with E-state index < -0.39 is 0 Å². The highest BCUT2D eigenvalue weighted by atomic mass is 15.1. The smallest absolute Gasteiger partial charge is 0.234 e. The van der Waals surface area contributed by atoms with Crippen molar-refractivity contribution in [2.24, 2.45) is 0 Å². The molecule has 0 fully saturated rings. The quantitative estimate of drug-likeness (QED) is 0.0648. The van der Waals surface area contributed by atoms with Crippen molar-refractivity contribution in [2.45, 2.75) is 220 Å². The summed E-state index contributed by atoms with van der Waals surface area (Å²) in [5.74, 6) is 1.61. The van der Waals surface area contributed by atoms with Crippen molar-refractivity contribution in [3.8, 4) is 0 Å². The molecule has 1 rings (SSSR count). The zero-order chi connectivity index (χ0) is 28.1. The Hall–Kier alpha value is -0.790. The van der Waals surface area contributed by atoms with E-state index in [0.717, 1.165) is 0 Å². The summed E-state index contributed by atoms with van der Waals surface area (Å²) in [5.41, 5.74) is 0. The summed E-state index contributed by atoms with van der Waals surface area (Å²) < 4.78 is 5.21. The second-order valence-corrected chi connectivity index (χ2v) is 12.7. The molecule has 0 amide bonds. The van der Waals surface area contributed by atoms with Crippen molar-refractivity contribution in [2.75, 3.05) is 0 Å². The van der Waals surface area contributed by atoms with Gasteiger partial charge in [-0.1, -0.05) is 168 Å². The van der Waals surface area contributed by atoms with Crippen LogP contribution in [0.2, 0.25) is 0 Å². The third kappa shape index (κ3) is 21.6. The van der Waals surface area contributed by atoms with Crippen LogP contribution in [0.15, 0.2) is 12.4 Å². The highest BCUT2D eigenvalue weighted by Gasteiger charge is 2.16. The van der Waals surface area contributed by atoms with E-state index in [1.165, 1.54) is 199 Å². The molecular weight excluding hydrogens is 472 g/mol. The number of aromatic nitrogens is 2. The normalized spacial score (nSPS) is 11.6. The van der Waals surface area contributed by atoms with Gasteiger partial charge in [0.05, 0.1) is 13.1 Å². The van der Waals surface area contributed by atoms with Gasteiger partial charge in [-0.15, -0.1) is 0 Å². The zero-order valence-electron chi connectivity index (χ0n) is 27.5. The molecule has 0 spiro atoms. The maximum Gasteiger partial charge on any atom is 0.256 e. The van der Waals surface area contributed by atoms with E-state index >= 15 is 0 Å². The molecule has 0 aromatic carbocycles. The monoisotopic (exact) mass is 546 g/mol. The first-order valence-electron chi connectivity index (χ1n) is 18.4. The fraction of sp³-hybridized carbons (Fsp3) is 0.919. The molecule has 1 aromatic rings. The highest BCUT2D eigenvalue weighted by molar-refractivity contribution is 4.84. The molecule has 230 valence electrons. The Morgan fingerprint density at radius 1 is 0.436 bits per heavy atom. The summed E-state index contributed by atoms with van der Waals surface area (Å²) >= 11 is 0. The van der Waals surface area contributed by atoms with E-state index in [0.29, 0.717) is 0 Å². The molecule has 0 radical (unpaired) electrons. The molecule has 0 atom stereocenters. The molecule has 0 aliphatic rings. The van der Waals surface area contributed by atoms with Gasteiger partial charge in [-0.05, 0) is 32.1 Å². The summed E-state index contributed by atoms with van der Waals surface area (Å²) in [5, 5.41) is 0. The first kappa shape index (κ1) is 36.2. The average molecular weight is 546 g/mol. The molecule has 0 aliphatic carbocycles. The summed E-state index contributed by atoms with van der Waals surface area (Å²) in [4.78, 5) is 0. The minimum absolute atomic E-state index is 1.22. The van der Waals surface area contributed by atoms with Crippen molar-refractivity contribution >= 4 is 0 Å². The number of unbranched alkanes of at least 4 members (excludes halogenated alkanes) is 25. The molecule has 2 heteroatoms. The molecule has 0 saturated heterocycles. The van der Waals surface area contributed by atoms with Crippen LogP contribution in [0.5, 0.6) is 0 Å². The first-order chi connectivity index (χ1) is 19.3. The van der Waals surface area contributed by atoms with Gasteiger partial charge in [0.1, 0.15) is 12.4 Å². The fourth-order valence-electron chi connectivity index (χ4n) is 6.15. The van der Waals surface area contributed by atoms with Gasteiger partial charge in [0, 0.05) is 6.42 Å². The molecule has 39 heavy (non-hydrogen) atoms. The predicted octanol–water partition coefficient (Wildman–Crippen LogP) is 12.3. The van der Waals surface area contributed by atoms with Gasteiger partial charge < -0.3 is 0 Å². The standard InChI is InChI=1S/C37H73N2/c1-4-7-10-12-14-16-18-19-20-21-23-25-27-29-32-37-38(33-30-9-6-3)35-36-39(37)34-31-28-26-24-22-17-15-13-11-8-5-2/h35-36H,4-34H2,1-3H3/q+1. The lowest BCUT2D eigenvalue weighted by molar-refractivity contribution is -0.704. The van der Waals surface area contributed by atoms with Crippen LogP contribution < -0.4 is 4.57 Å². The van der Waals surface area contributed by atoms with Crippen molar-refractivity contribution in [1.82, 2.24) is 4.57 Å². The minimum Gasteiger partial charge on any atom is -0.234 e. The average Bonchev–Trinajstić information content (AvgIpc) is 3.33. The van der Waals surface area contributed by atoms with E-state index in [9.17, 15) is 0 Å². The fourth-order valence-corrected chi connectivity index (χ4v) is 6.15. The molecule has 0 aliphatic heterocycles. The van der Waals surface area contributed by atoms with Crippen molar-refractivity contribution in [1.29, 1.82) is 0 Å². The molecule has 2 nitrogen and oxygen atoms in total. The maximum absolute atomic E-state index is 2.61. The summed E-state index contributed by atoms with van der Waals surface area (Å²) in [6, 6.07) is 0. The lowest BCUT2D eigenvalue weighted by atomic mass is 10.0. The third-order valence-corrected chi connectivity index (χ3v) is 8.85. The largest absolute Gasteiger partial charge is 0.256 e. The minimum atomic E-state index is 1.22. The Labute approximate surface area is 247 Å². The van der Waals surface area contributed by atoms with Crippen LogP contribution in [0.3, 0.4) is 0 Å². The summed E-state index contributed by atoms with van der Waals surface area (Å²) in [6.45, 7) is 9.38. The van der Waals surface area contributed by atoms with Crippen LogP contribution >= 0.6 is 0 Å². The summed E-state index contributed by atoms with van der Waals surface area (Å²) in [6.07, 6.45) is 46.0. The summed E-state index contributed by atoms with van der Waals surface area (Å²) in [7, 11) is 0. The highest BCUT2D eigenvalue weighted by Crippen LogP contribution is 2.15. The van der Waals surface area contributed by atoms with E-state index in [-0.39, 0.29) is 0 Å². The SMILES string of the molecule is CCCCCCCCCCCCCCCCc1n(CCCCCCCCCCCCC)cc[n+]1CCCCC. The Kier molecular flexibility index (Phi) is 26.7. The second kappa shape index (κ2) is 28.7. The first-order valence-corrected chi connectivity index (χ1v) is 18.4. The van der Waals surface area contributed by atoms with Gasteiger partial charge in [0.15, 0.2) is 0 Å². The number of nitrogens with zero attached hydrogens (tertiary/aromatic N) is 2. The molecule has 0 N–H and O–H groups in total. The Bertz CT molecular complexity index is 605. The van der Waals surface area contributed by atoms with E-state index in [1.807, 2.05) is 0 Å².